The lowest BCUT2D eigenvalue weighted by molar-refractivity contribution is -0.127. The quantitative estimate of drug-likeness (QED) is 0.849. The fourth-order valence-corrected chi connectivity index (χ4v) is 3.70. The molecule has 0 N–H and O–H groups in total. The summed E-state index contributed by atoms with van der Waals surface area (Å²) < 4.78 is 0. The zero-order chi connectivity index (χ0) is 15.2. The molecule has 1 fully saturated rings. The number of rotatable bonds is 5. The number of hydrogen-bond donors (Lipinski definition) is 0. The SMILES string of the molecule is O=C(CSCc1ccncc1)N1CC[C@@H](c2ccccc2)C1. The van der Waals surface area contributed by atoms with Gasteiger partial charge in [-0.1, -0.05) is 30.3 Å². The predicted octanol–water partition coefficient (Wildman–Crippen LogP) is 3.33. The smallest absolute Gasteiger partial charge is 0.232 e. The summed E-state index contributed by atoms with van der Waals surface area (Å²) in [6.45, 7) is 1.74. The van der Waals surface area contributed by atoms with Gasteiger partial charge in [0.05, 0.1) is 5.75 Å². The van der Waals surface area contributed by atoms with Gasteiger partial charge in [0.15, 0.2) is 0 Å². The van der Waals surface area contributed by atoms with Crippen molar-refractivity contribution in [1.29, 1.82) is 0 Å². The molecule has 1 aromatic heterocycles. The third-order valence-electron chi connectivity index (χ3n) is 4.06. The van der Waals surface area contributed by atoms with Crippen molar-refractivity contribution in [2.45, 2.75) is 18.1 Å². The van der Waals surface area contributed by atoms with Gasteiger partial charge in [-0.2, -0.15) is 0 Å². The van der Waals surface area contributed by atoms with Gasteiger partial charge in [0.1, 0.15) is 0 Å². The average Bonchev–Trinajstić information content (AvgIpc) is 3.07. The molecule has 1 amide bonds. The lowest BCUT2D eigenvalue weighted by Crippen LogP contribution is -2.30. The first-order valence-corrected chi connectivity index (χ1v) is 8.78. The van der Waals surface area contributed by atoms with Crippen molar-refractivity contribution in [1.82, 2.24) is 9.88 Å². The molecule has 0 saturated carbocycles. The van der Waals surface area contributed by atoms with Crippen molar-refractivity contribution in [3.8, 4) is 0 Å². The predicted molar refractivity (Wildman–Crippen MR) is 90.8 cm³/mol. The molecule has 3 nitrogen and oxygen atoms in total. The summed E-state index contributed by atoms with van der Waals surface area (Å²) in [7, 11) is 0. The molecule has 2 aromatic rings. The third-order valence-corrected chi connectivity index (χ3v) is 5.04. The van der Waals surface area contributed by atoms with E-state index in [2.05, 4.69) is 29.2 Å². The lowest BCUT2D eigenvalue weighted by atomic mass is 9.99. The van der Waals surface area contributed by atoms with Crippen LogP contribution in [-0.4, -0.2) is 34.6 Å². The van der Waals surface area contributed by atoms with Gasteiger partial charge in [-0.15, -0.1) is 11.8 Å². The van der Waals surface area contributed by atoms with Gasteiger partial charge in [-0.05, 0) is 29.7 Å². The van der Waals surface area contributed by atoms with E-state index in [1.807, 2.05) is 23.1 Å². The zero-order valence-corrected chi connectivity index (χ0v) is 13.3. The van der Waals surface area contributed by atoms with Crippen LogP contribution in [0.1, 0.15) is 23.5 Å². The van der Waals surface area contributed by atoms with Crippen LogP contribution in [0.4, 0.5) is 0 Å². The molecule has 1 aliphatic heterocycles. The summed E-state index contributed by atoms with van der Waals surface area (Å²) >= 11 is 1.68. The van der Waals surface area contributed by atoms with E-state index < -0.39 is 0 Å². The molecule has 0 aliphatic carbocycles. The number of carbonyl (C=O) groups excluding carboxylic acids is 1. The summed E-state index contributed by atoms with van der Waals surface area (Å²) in [6, 6.07) is 14.5. The average molecular weight is 312 g/mol. The van der Waals surface area contributed by atoms with E-state index in [1.54, 1.807) is 24.2 Å². The highest BCUT2D eigenvalue weighted by Crippen LogP contribution is 2.27. The molecule has 114 valence electrons. The molecule has 22 heavy (non-hydrogen) atoms. The fourth-order valence-electron chi connectivity index (χ4n) is 2.81. The Hall–Kier alpha value is -1.81. The van der Waals surface area contributed by atoms with E-state index in [4.69, 9.17) is 0 Å². The zero-order valence-electron chi connectivity index (χ0n) is 12.5. The van der Waals surface area contributed by atoms with Crippen LogP contribution in [0.25, 0.3) is 0 Å². The van der Waals surface area contributed by atoms with E-state index in [0.29, 0.717) is 11.7 Å². The fraction of sp³-hybridized carbons (Fsp3) is 0.333. The first kappa shape index (κ1) is 15.1. The molecule has 0 bridgehead atoms. The van der Waals surface area contributed by atoms with Crippen LogP contribution < -0.4 is 0 Å². The molecule has 4 heteroatoms. The van der Waals surface area contributed by atoms with Crippen molar-refractivity contribution in [3.63, 3.8) is 0 Å². The Balaban J connectivity index is 1.46. The van der Waals surface area contributed by atoms with Crippen molar-refractivity contribution < 1.29 is 4.79 Å². The number of hydrogen-bond acceptors (Lipinski definition) is 3. The minimum Gasteiger partial charge on any atom is -0.341 e. The highest BCUT2D eigenvalue weighted by Gasteiger charge is 2.26. The number of carbonyl (C=O) groups is 1. The van der Waals surface area contributed by atoms with Crippen LogP contribution in [0.15, 0.2) is 54.9 Å². The van der Waals surface area contributed by atoms with Crippen molar-refractivity contribution in [3.05, 3.63) is 66.0 Å². The molecular formula is C18H20N2OS. The lowest BCUT2D eigenvalue weighted by Gasteiger charge is -2.16. The van der Waals surface area contributed by atoms with Crippen LogP contribution in [0, 0.1) is 0 Å². The van der Waals surface area contributed by atoms with Crippen molar-refractivity contribution in [2.75, 3.05) is 18.8 Å². The van der Waals surface area contributed by atoms with Gasteiger partial charge in [-0.3, -0.25) is 9.78 Å². The monoisotopic (exact) mass is 312 g/mol. The highest BCUT2D eigenvalue weighted by molar-refractivity contribution is 7.99. The molecular weight excluding hydrogens is 292 g/mol. The van der Waals surface area contributed by atoms with Gasteiger partial charge in [0.25, 0.3) is 0 Å². The second-order valence-electron chi connectivity index (χ2n) is 5.58. The standard InChI is InChI=1S/C18H20N2OS/c21-18(14-22-13-15-6-9-19-10-7-15)20-11-8-17(12-20)16-4-2-1-3-5-16/h1-7,9-10,17H,8,11-14H2/t17-/m1/s1. The van der Waals surface area contributed by atoms with Gasteiger partial charge < -0.3 is 4.90 Å². The van der Waals surface area contributed by atoms with Crippen LogP contribution in [-0.2, 0) is 10.5 Å². The third kappa shape index (κ3) is 3.89. The number of pyridine rings is 1. The van der Waals surface area contributed by atoms with Crippen LogP contribution in [0.5, 0.6) is 0 Å². The van der Waals surface area contributed by atoms with E-state index in [9.17, 15) is 4.79 Å². The number of amides is 1. The van der Waals surface area contributed by atoms with Crippen LogP contribution in [0.2, 0.25) is 0 Å². The highest BCUT2D eigenvalue weighted by atomic mass is 32.2. The minimum atomic E-state index is 0.262. The number of aromatic nitrogens is 1. The van der Waals surface area contributed by atoms with E-state index in [-0.39, 0.29) is 5.91 Å². The number of likely N-dealkylation sites (tertiary alicyclic amines) is 1. The van der Waals surface area contributed by atoms with E-state index in [1.165, 1.54) is 11.1 Å². The Morgan fingerprint density at radius 3 is 2.73 bits per heavy atom. The molecule has 0 radical (unpaired) electrons. The summed E-state index contributed by atoms with van der Waals surface area (Å²) in [4.78, 5) is 18.3. The Morgan fingerprint density at radius 2 is 1.95 bits per heavy atom. The first-order valence-electron chi connectivity index (χ1n) is 7.62. The second-order valence-corrected chi connectivity index (χ2v) is 6.57. The summed E-state index contributed by atoms with van der Waals surface area (Å²) in [5, 5.41) is 0. The molecule has 3 rings (SSSR count). The Labute approximate surface area is 135 Å². The van der Waals surface area contributed by atoms with E-state index in [0.717, 1.165) is 25.3 Å². The first-order chi connectivity index (χ1) is 10.8. The Bertz CT molecular complexity index is 603. The largest absolute Gasteiger partial charge is 0.341 e. The van der Waals surface area contributed by atoms with Gasteiger partial charge in [-0.25, -0.2) is 0 Å². The van der Waals surface area contributed by atoms with Crippen LogP contribution in [0.3, 0.4) is 0 Å². The van der Waals surface area contributed by atoms with Crippen LogP contribution >= 0.6 is 11.8 Å². The molecule has 0 unspecified atom stereocenters. The topological polar surface area (TPSA) is 33.2 Å². The molecule has 1 saturated heterocycles. The number of nitrogens with zero attached hydrogens (tertiary/aromatic N) is 2. The maximum atomic E-state index is 12.3. The number of benzene rings is 1. The van der Waals surface area contributed by atoms with Crippen molar-refractivity contribution in [2.24, 2.45) is 0 Å². The summed E-state index contributed by atoms with van der Waals surface area (Å²) in [5.74, 6) is 2.18. The number of thioether (sulfide) groups is 1. The van der Waals surface area contributed by atoms with E-state index >= 15 is 0 Å². The molecule has 1 aromatic carbocycles. The maximum Gasteiger partial charge on any atom is 0.232 e. The normalized spacial score (nSPS) is 17.6. The second kappa shape index (κ2) is 7.45. The van der Waals surface area contributed by atoms with Gasteiger partial charge >= 0.3 is 0 Å². The van der Waals surface area contributed by atoms with Gasteiger partial charge in [0, 0.05) is 37.2 Å². The maximum absolute atomic E-state index is 12.3. The summed E-state index contributed by atoms with van der Waals surface area (Å²) in [5.41, 5.74) is 2.57. The molecule has 1 atom stereocenters. The van der Waals surface area contributed by atoms with Gasteiger partial charge in [0.2, 0.25) is 5.91 Å². The Kier molecular flexibility index (Phi) is 5.11. The molecule has 1 aliphatic rings. The van der Waals surface area contributed by atoms with Crippen molar-refractivity contribution >= 4 is 17.7 Å². The molecule has 2 heterocycles. The molecule has 0 spiro atoms. The Morgan fingerprint density at radius 1 is 1.18 bits per heavy atom. The minimum absolute atomic E-state index is 0.262. The summed E-state index contributed by atoms with van der Waals surface area (Å²) in [6.07, 6.45) is 4.66.